The lowest BCUT2D eigenvalue weighted by Gasteiger charge is -2.07. The molecule has 0 aromatic heterocycles. The van der Waals surface area contributed by atoms with E-state index in [1.807, 2.05) is 6.92 Å². The van der Waals surface area contributed by atoms with Gasteiger partial charge in [0.15, 0.2) is 5.54 Å². The highest BCUT2D eigenvalue weighted by molar-refractivity contribution is 5.86. The minimum atomic E-state index is -0.882. The molecule has 13 heavy (non-hydrogen) atoms. The van der Waals surface area contributed by atoms with Crippen molar-refractivity contribution in [2.75, 3.05) is 6.61 Å². The lowest BCUT2D eigenvalue weighted by atomic mass is 10.2. The largest absolute Gasteiger partial charge is 0.464 e. The molecule has 1 aliphatic rings. The predicted octanol–water partition coefficient (Wildman–Crippen LogP) is 1.05. The van der Waals surface area contributed by atoms with Gasteiger partial charge in [-0.3, -0.25) is 0 Å². The summed E-state index contributed by atoms with van der Waals surface area (Å²) in [5.74, 6) is -0.224. The monoisotopic (exact) mass is 183 g/mol. The summed E-state index contributed by atoms with van der Waals surface area (Å²) < 4.78 is 4.84. The van der Waals surface area contributed by atoms with E-state index in [1.165, 1.54) is 6.08 Å². The van der Waals surface area contributed by atoms with Crippen LogP contribution in [0.25, 0.3) is 0 Å². The number of carbonyl (C=O) groups excluding carboxylic acids is 2. The Morgan fingerprint density at radius 1 is 1.69 bits per heavy atom. The molecule has 0 bridgehead atoms. The molecular weight excluding hydrogens is 170 g/mol. The molecule has 1 fully saturated rings. The Morgan fingerprint density at radius 2 is 2.38 bits per heavy atom. The smallest absolute Gasteiger partial charge is 0.335 e. The van der Waals surface area contributed by atoms with Crippen molar-refractivity contribution in [3.63, 3.8) is 0 Å². The van der Waals surface area contributed by atoms with Crippen LogP contribution in [0.4, 0.5) is 0 Å². The standard InChI is InChI=1S/C9H13NO3/c1-3-7-5-9(7,10-6-11)8(12)13-4-2/h7H,3-5H2,1-2H3. The fraction of sp³-hybridized carbons (Fsp3) is 0.778. The van der Waals surface area contributed by atoms with E-state index in [2.05, 4.69) is 4.99 Å². The van der Waals surface area contributed by atoms with Crippen LogP contribution in [0.3, 0.4) is 0 Å². The third kappa shape index (κ3) is 1.63. The second-order valence-electron chi connectivity index (χ2n) is 3.16. The van der Waals surface area contributed by atoms with Gasteiger partial charge in [-0.15, -0.1) is 0 Å². The van der Waals surface area contributed by atoms with Crippen molar-refractivity contribution in [2.45, 2.75) is 32.2 Å². The highest BCUT2D eigenvalue weighted by atomic mass is 16.5. The molecule has 4 heteroatoms. The number of nitrogens with zero attached hydrogens (tertiary/aromatic N) is 1. The second-order valence-corrected chi connectivity index (χ2v) is 3.16. The Hall–Kier alpha value is -1.15. The molecule has 0 aromatic rings. The first-order valence-electron chi connectivity index (χ1n) is 4.47. The first-order valence-corrected chi connectivity index (χ1v) is 4.47. The van der Waals surface area contributed by atoms with Gasteiger partial charge in [0.2, 0.25) is 6.08 Å². The lowest BCUT2D eigenvalue weighted by molar-refractivity contribution is -0.146. The molecule has 0 saturated heterocycles. The van der Waals surface area contributed by atoms with Crippen LogP contribution in [0.2, 0.25) is 0 Å². The second kappa shape index (κ2) is 3.71. The minimum absolute atomic E-state index is 0.160. The van der Waals surface area contributed by atoms with Crippen molar-refractivity contribution < 1.29 is 14.3 Å². The summed E-state index contributed by atoms with van der Waals surface area (Å²) in [5, 5.41) is 0. The van der Waals surface area contributed by atoms with E-state index in [4.69, 9.17) is 4.74 Å². The first kappa shape index (κ1) is 9.93. The minimum Gasteiger partial charge on any atom is -0.464 e. The number of aliphatic imine (C=N–C) groups is 1. The third-order valence-corrected chi connectivity index (χ3v) is 2.44. The number of rotatable bonds is 4. The summed E-state index contributed by atoms with van der Waals surface area (Å²) >= 11 is 0. The number of ether oxygens (including phenoxy) is 1. The SMILES string of the molecule is CCOC(=O)C1(N=C=O)CC1CC. The van der Waals surface area contributed by atoms with Crippen LogP contribution in [0, 0.1) is 5.92 Å². The number of carbonyl (C=O) groups is 1. The van der Waals surface area contributed by atoms with Gasteiger partial charge < -0.3 is 4.74 Å². The normalized spacial score (nSPS) is 30.5. The first-order chi connectivity index (χ1) is 6.21. The summed E-state index contributed by atoms with van der Waals surface area (Å²) in [4.78, 5) is 25.1. The molecule has 1 saturated carbocycles. The molecule has 1 rings (SSSR count). The zero-order valence-electron chi connectivity index (χ0n) is 7.87. The Balaban J connectivity index is 2.71. The van der Waals surface area contributed by atoms with Crippen molar-refractivity contribution in [3.05, 3.63) is 0 Å². The fourth-order valence-corrected chi connectivity index (χ4v) is 1.57. The Kier molecular flexibility index (Phi) is 2.83. The maximum Gasteiger partial charge on any atom is 0.335 e. The van der Waals surface area contributed by atoms with Gasteiger partial charge in [0.05, 0.1) is 6.61 Å². The van der Waals surface area contributed by atoms with Crippen LogP contribution in [-0.2, 0) is 14.3 Å². The maximum absolute atomic E-state index is 11.4. The van der Waals surface area contributed by atoms with Crippen LogP contribution < -0.4 is 0 Å². The Labute approximate surface area is 77.0 Å². The number of hydrogen-bond donors (Lipinski definition) is 0. The molecule has 0 heterocycles. The number of isocyanates is 1. The highest BCUT2D eigenvalue weighted by Crippen LogP contribution is 2.49. The van der Waals surface area contributed by atoms with Crippen LogP contribution in [-0.4, -0.2) is 24.2 Å². The van der Waals surface area contributed by atoms with E-state index >= 15 is 0 Å². The zero-order chi connectivity index (χ0) is 9.90. The van der Waals surface area contributed by atoms with Crippen molar-refractivity contribution in [2.24, 2.45) is 10.9 Å². The summed E-state index contributed by atoms with van der Waals surface area (Å²) in [6.45, 7) is 4.02. The van der Waals surface area contributed by atoms with Crippen molar-refractivity contribution >= 4 is 12.0 Å². The van der Waals surface area contributed by atoms with Crippen LogP contribution >= 0.6 is 0 Å². The Morgan fingerprint density at radius 3 is 2.77 bits per heavy atom. The molecule has 4 nitrogen and oxygen atoms in total. The molecule has 0 aromatic carbocycles. The van der Waals surface area contributed by atoms with E-state index in [0.29, 0.717) is 13.0 Å². The molecular formula is C9H13NO3. The predicted molar refractivity (Wildman–Crippen MR) is 45.9 cm³/mol. The van der Waals surface area contributed by atoms with E-state index < -0.39 is 5.54 Å². The van der Waals surface area contributed by atoms with Gasteiger partial charge in [-0.05, 0) is 19.3 Å². The average Bonchev–Trinajstić information content (AvgIpc) is 2.81. The van der Waals surface area contributed by atoms with Gasteiger partial charge in [0, 0.05) is 0 Å². The summed E-state index contributed by atoms with van der Waals surface area (Å²) in [6, 6.07) is 0. The van der Waals surface area contributed by atoms with Crippen molar-refractivity contribution in [1.29, 1.82) is 0 Å². The molecule has 0 radical (unpaired) electrons. The number of hydrogen-bond acceptors (Lipinski definition) is 4. The molecule has 0 spiro atoms. The fourth-order valence-electron chi connectivity index (χ4n) is 1.57. The Bertz CT molecular complexity index is 258. The average molecular weight is 183 g/mol. The van der Waals surface area contributed by atoms with Gasteiger partial charge in [0.1, 0.15) is 0 Å². The van der Waals surface area contributed by atoms with Crippen LogP contribution in [0.15, 0.2) is 4.99 Å². The molecule has 2 atom stereocenters. The summed E-state index contributed by atoms with van der Waals surface area (Å²) in [6.07, 6.45) is 2.91. The van der Waals surface area contributed by atoms with Crippen molar-refractivity contribution in [1.82, 2.24) is 0 Å². The van der Waals surface area contributed by atoms with Crippen molar-refractivity contribution in [3.8, 4) is 0 Å². The van der Waals surface area contributed by atoms with Crippen LogP contribution in [0.1, 0.15) is 26.7 Å². The van der Waals surface area contributed by atoms with Gasteiger partial charge in [-0.1, -0.05) is 13.3 Å². The zero-order valence-corrected chi connectivity index (χ0v) is 7.87. The highest BCUT2D eigenvalue weighted by Gasteiger charge is 2.61. The van der Waals surface area contributed by atoms with Gasteiger partial charge in [-0.25, -0.2) is 9.59 Å². The quantitative estimate of drug-likeness (QED) is 0.372. The van der Waals surface area contributed by atoms with Gasteiger partial charge in [-0.2, -0.15) is 4.99 Å². The third-order valence-electron chi connectivity index (χ3n) is 2.44. The molecule has 72 valence electrons. The molecule has 0 amide bonds. The summed E-state index contributed by atoms with van der Waals surface area (Å²) in [7, 11) is 0. The molecule has 1 aliphatic carbocycles. The summed E-state index contributed by atoms with van der Waals surface area (Å²) in [5.41, 5.74) is -0.882. The van der Waals surface area contributed by atoms with E-state index in [9.17, 15) is 9.59 Å². The molecule has 0 aliphatic heterocycles. The van der Waals surface area contributed by atoms with E-state index in [-0.39, 0.29) is 11.9 Å². The lowest BCUT2D eigenvalue weighted by Crippen LogP contribution is -2.25. The molecule has 0 N–H and O–H groups in total. The van der Waals surface area contributed by atoms with Crippen LogP contribution in [0.5, 0.6) is 0 Å². The van der Waals surface area contributed by atoms with Gasteiger partial charge >= 0.3 is 5.97 Å². The topological polar surface area (TPSA) is 55.7 Å². The number of esters is 1. The molecule has 2 unspecified atom stereocenters. The van der Waals surface area contributed by atoms with E-state index in [1.54, 1.807) is 6.92 Å². The maximum atomic E-state index is 11.4. The van der Waals surface area contributed by atoms with E-state index in [0.717, 1.165) is 6.42 Å². The van der Waals surface area contributed by atoms with Gasteiger partial charge in [0.25, 0.3) is 0 Å².